The zero-order valence-corrected chi connectivity index (χ0v) is 21.7. The molecule has 1 fully saturated rings. The van der Waals surface area contributed by atoms with Crippen LogP contribution in [0.25, 0.3) is 12.2 Å². The monoisotopic (exact) mass is 506 g/mol. The number of carbonyl (C=O) groups is 1. The van der Waals surface area contributed by atoms with Gasteiger partial charge in [0.1, 0.15) is 16.9 Å². The quantitative estimate of drug-likeness (QED) is 0.587. The van der Waals surface area contributed by atoms with E-state index in [-0.39, 0.29) is 12.4 Å². The fourth-order valence-corrected chi connectivity index (χ4v) is 5.51. The van der Waals surface area contributed by atoms with Crippen LogP contribution in [0.4, 0.5) is 0 Å². The number of nitrogens with zero attached hydrogens (tertiary/aromatic N) is 4. The van der Waals surface area contributed by atoms with Gasteiger partial charge in [0.25, 0.3) is 0 Å². The summed E-state index contributed by atoms with van der Waals surface area (Å²) < 4.78 is 0. The minimum Gasteiger partial charge on any atom is -0.396 e. The van der Waals surface area contributed by atoms with Gasteiger partial charge in [-0.05, 0) is 94.4 Å². The molecule has 2 aromatic heterocycles. The van der Waals surface area contributed by atoms with Crippen LogP contribution >= 0.6 is 0 Å². The van der Waals surface area contributed by atoms with E-state index in [1.165, 1.54) is 0 Å². The predicted molar refractivity (Wildman–Crippen MR) is 148 cm³/mol. The van der Waals surface area contributed by atoms with Crippen molar-refractivity contribution in [1.29, 1.82) is 0 Å². The van der Waals surface area contributed by atoms with Crippen LogP contribution < -0.4 is 16.0 Å². The number of aromatic nitrogens is 3. The lowest BCUT2D eigenvalue weighted by atomic mass is 9.77. The molecule has 0 aromatic carbocycles. The summed E-state index contributed by atoms with van der Waals surface area (Å²) >= 11 is 0. The van der Waals surface area contributed by atoms with Crippen molar-refractivity contribution in [2.75, 3.05) is 6.61 Å². The number of aliphatic imine (C=N–C) groups is 2. The predicted octanol–water partition coefficient (Wildman–Crippen LogP) is 2.08. The Balaban J connectivity index is 1.62. The molecule has 1 saturated heterocycles. The van der Waals surface area contributed by atoms with E-state index in [1.807, 2.05) is 81.5 Å². The lowest BCUT2D eigenvalue weighted by Crippen LogP contribution is -2.45. The SMILES string of the molecule is Cc1ncc(C23C=CC(=N2)C=c2ccc([nH]2)=CC2=NC(=CC4(CCCO)NC(=C3)C(C)(C)C4=O)C=C2)cn1. The third kappa shape index (κ3) is 4.01. The van der Waals surface area contributed by atoms with Crippen LogP contribution in [-0.4, -0.2) is 49.4 Å². The first-order valence-electron chi connectivity index (χ1n) is 12.9. The Morgan fingerprint density at radius 2 is 1.71 bits per heavy atom. The minimum atomic E-state index is -1.01. The second kappa shape index (κ2) is 8.70. The van der Waals surface area contributed by atoms with E-state index < -0.39 is 16.5 Å². The lowest BCUT2D eigenvalue weighted by Gasteiger charge is -2.26. The molecule has 0 saturated carbocycles. The summed E-state index contributed by atoms with van der Waals surface area (Å²) in [5, 5.41) is 15.1. The van der Waals surface area contributed by atoms with E-state index >= 15 is 0 Å². The lowest BCUT2D eigenvalue weighted by molar-refractivity contribution is -0.127. The molecule has 38 heavy (non-hydrogen) atoms. The Labute approximate surface area is 220 Å². The summed E-state index contributed by atoms with van der Waals surface area (Å²) in [6, 6.07) is 4.02. The average molecular weight is 507 g/mol. The molecule has 0 spiro atoms. The highest BCUT2D eigenvalue weighted by molar-refractivity contribution is 6.20. The van der Waals surface area contributed by atoms with Gasteiger partial charge in [-0.1, -0.05) is 0 Å². The van der Waals surface area contributed by atoms with E-state index in [2.05, 4.69) is 20.3 Å². The van der Waals surface area contributed by atoms with E-state index in [4.69, 9.17) is 9.98 Å². The molecule has 0 radical (unpaired) electrons. The number of Topliss-reactive ketones (excluding diaryl/α,β-unsaturated/α-hetero) is 1. The van der Waals surface area contributed by atoms with Crippen LogP contribution in [0.1, 0.15) is 38.1 Å². The Hall–Kier alpha value is -4.17. The normalized spacial score (nSPS) is 26.7. The number of aliphatic hydroxyl groups is 1. The second-order valence-corrected chi connectivity index (χ2v) is 10.7. The molecule has 6 rings (SSSR count). The summed E-state index contributed by atoms with van der Waals surface area (Å²) in [5.41, 5.74) is 1.13. The number of rotatable bonds is 4. The van der Waals surface area contributed by atoms with E-state index in [0.29, 0.717) is 24.4 Å². The molecule has 6 heterocycles. The van der Waals surface area contributed by atoms with Crippen molar-refractivity contribution in [2.45, 2.75) is 44.7 Å². The maximum absolute atomic E-state index is 14.1. The zero-order valence-electron chi connectivity index (χ0n) is 21.7. The summed E-state index contributed by atoms with van der Waals surface area (Å²) in [6.07, 6.45) is 20.3. The van der Waals surface area contributed by atoms with Crippen molar-refractivity contribution in [1.82, 2.24) is 20.3 Å². The van der Waals surface area contributed by atoms with Crippen molar-refractivity contribution < 1.29 is 9.90 Å². The Kier molecular flexibility index (Phi) is 5.54. The summed E-state index contributed by atoms with van der Waals surface area (Å²) in [4.78, 5) is 36.3. The van der Waals surface area contributed by atoms with Crippen LogP contribution in [-0.2, 0) is 10.3 Å². The highest BCUT2D eigenvalue weighted by Crippen LogP contribution is 2.45. The molecule has 0 amide bonds. The van der Waals surface area contributed by atoms with Crippen molar-refractivity contribution in [2.24, 2.45) is 15.4 Å². The van der Waals surface area contributed by atoms with Gasteiger partial charge >= 0.3 is 0 Å². The van der Waals surface area contributed by atoms with E-state index in [0.717, 1.165) is 33.4 Å². The van der Waals surface area contributed by atoms with Crippen LogP contribution in [0, 0.1) is 12.3 Å². The van der Waals surface area contributed by atoms with E-state index in [9.17, 15) is 9.90 Å². The standard InChI is InChI=1S/C30H30N6O2/c1-19-31-17-20(18-32-19)29-11-9-24(35-29)14-23-6-5-21(33-23)13-22-7-8-25(34-22)15-30(10-4-12-37)27(38)28(2,3)26(16-29)36-30/h5-9,11,13-18,33,36-37H,4,10,12H2,1-3H3. The zero-order chi connectivity index (χ0) is 26.5. The van der Waals surface area contributed by atoms with Crippen molar-refractivity contribution >= 4 is 29.4 Å². The van der Waals surface area contributed by atoms with Crippen LogP contribution in [0.3, 0.4) is 0 Å². The van der Waals surface area contributed by atoms with Gasteiger partial charge < -0.3 is 15.4 Å². The highest BCUT2D eigenvalue weighted by Gasteiger charge is 2.54. The van der Waals surface area contributed by atoms with Gasteiger partial charge in [0.2, 0.25) is 0 Å². The smallest absolute Gasteiger partial charge is 0.173 e. The van der Waals surface area contributed by atoms with Gasteiger partial charge in [0, 0.05) is 41.0 Å². The van der Waals surface area contributed by atoms with Gasteiger partial charge in [-0.15, -0.1) is 0 Å². The molecule has 8 nitrogen and oxygen atoms in total. The van der Waals surface area contributed by atoms with Crippen molar-refractivity contribution in [3.63, 3.8) is 0 Å². The number of allylic oxidation sites excluding steroid dienone is 4. The summed E-state index contributed by atoms with van der Waals surface area (Å²) in [7, 11) is 0. The average Bonchev–Trinajstić information content (AvgIpc) is 3.65. The molecule has 4 aliphatic rings. The number of carbonyl (C=O) groups excluding carboxylic acids is 1. The minimum absolute atomic E-state index is 0.0104. The van der Waals surface area contributed by atoms with Crippen LogP contribution in [0.5, 0.6) is 0 Å². The molecule has 3 N–H and O–H groups in total. The number of ketones is 1. The fourth-order valence-electron chi connectivity index (χ4n) is 5.51. The summed E-state index contributed by atoms with van der Waals surface area (Å²) in [6.45, 7) is 5.71. The van der Waals surface area contributed by atoms with Gasteiger partial charge in [-0.3, -0.25) is 9.79 Å². The fraction of sp³-hybridized carbons (Fsp3) is 0.300. The number of hydrogen-bond acceptors (Lipinski definition) is 7. The number of H-pyrrole nitrogens is 1. The molecule has 2 atom stereocenters. The maximum atomic E-state index is 14.1. The number of hydrogen-bond donors (Lipinski definition) is 3. The van der Waals surface area contributed by atoms with Gasteiger partial charge in [0.05, 0.1) is 22.5 Å². The van der Waals surface area contributed by atoms with Gasteiger partial charge in [-0.2, -0.15) is 0 Å². The topological polar surface area (TPSA) is 116 Å². The molecule has 8 bridgehead atoms. The Morgan fingerprint density at radius 3 is 2.45 bits per heavy atom. The van der Waals surface area contributed by atoms with Crippen molar-refractivity contribution in [3.8, 4) is 0 Å². The molecule has 2 unspecified atom stereocenters. The molecule has 2 aromatic rings. The number of aryl methyl sites for hydroxylation is 1. The van der Waals surface area contributed by atoms with Crippen LogP contribution in [0.15, 0.2) is 82.4 Å². The number of fused-ring (bicyclic) bond motifs is 6. The largest absolute Gasteiger partial charge is 0.396 e. The molecule has 0 aliphatic carbocycles. The van der Waals surface area contributed by atoms with Gasteiger partial charge in [0.15, 0.2) is 5.78 Å². The molecule has 4 aliphatic heterocycles. The van der Waals surface area contributed by atoms with Crippen molar-refractivity contribution in [3.05, 3.63) is 94.5 Å². The second-order valence-electron chi connectivity index (χ2n) is 10.7. The Morgan fingerprint density at radius 1 is 0.974 bits per heavy atom. The molecular weight excluding hydrogens is 476 g/mol. The molecular formula is C30H30N6O2. The first-order valence-corrected chi connectivity index (χ1v) is 12.9. The highest BCUT2D eigenvalue weighted by atomic mass is 16.3. The molecule has 8 heteroatoms. The maximum Gasteiger partial charge on any atom is 0.173 e. The first kappa shape index (κ1) is 24.2. The molecule has 192 valence electrons. The third-order valence-electron chi connectivity index (χ3n) is 7.58. The Bertz CT molecular complexity index is 1630. The van der Waals surface area contributed by atoms with Crippen LogP contribution in [0.2, 0.25) is 0 Å². The number of nitrogens with one attached hydrogen (secondary N) is 2. The summed E-state index contributed by atoms with van der Waals surface area (Å²) in [5.74, 6) is 0.705. The third-order valence-corrected chi connectivity index (χ3v) is 7.58. The van der Waals surface area contributed by atoms with Gasteiger partial charge in [-0.25, -0.2) is 15.0 Å². The number of aliphatic hydroxyl groups excluding tert-OH is 1. The first-order chi connectivity index (χ1) is 18.2. The van der Waals surface area contributed by atoms with E-state index in [1.54, 1.807) is 12.4 Å². The number of aromatic amines is 1.